The van der Waals surface area contributed by atoms with E-state index in [-0.39, 0.29) is 11.0 Å². The van der Waals surface area contributed by atoms with E-state index in [9.17, 15) is 13.2 Å². The van der Waals surface area contributed by atoms with Crippen LogP contribution in [-0.4, -0.2) is 14.8 Å². The first-order valence-electron chi connectivity index (χ1n) is 8.28. The first-order valence-corrected chi connectivity index (χ1v) is 8.28. The molecular formula is C19H20F3N3. The fourth-order valence-electron chi connectivity index (χ4n) is 2.98. The monoisotopic (exact) mass is 347 g/mol. The lowest BCUT2D eigenvalue weighted by Crippen LogP contribution is -2.08. The van der Waals surface area contributed by atoms with E-state index >= 15 is 0 Å². The second kappa shape index (κ2) is 6.17. The average molecular weight is 347 g/mol. The van der Waals surface area contributed by atoms with Crippen LogP contribution in [0.2, 0.25) is 0 Å². The van der Waals surface area contributed by atoms with Crippen LogP contribution in [0.5, 0.6) is 0 Å². The van der Waals surface area contributed by atoms with Gasteiger partial charge in [-0.15, -0.1) is 0 Å². The molecule has 25 heavy (non-hydrogen) atoms. The minimum absolute atomic E-state index is 0.0805. The Labute approximate surface area is 144 Å². The number of pyridine rings is 1. The van der Waals surface area contributed by atoms with Gasteiger partial charge in [-0.3, -0.25) is 0 Å². The number of hydrogen-bond acceptors (Lipinski definition) is 2. The third kappa shape index (κ3) is 3.13. The topological polar surface area (TPSA) is 30.7 Å². The Morgan fingerprint density at radius 2 is 1.76 bits per heavy atom. The van der Waals surface area contributed by atoms with Crippen molar-refractivity contribution in [3.8, 4) is 11.3 Å². The predicted octanol–water partition coefficient (Wildman–Crippen LogP) is 5.57. The maximum atomic E-state index is 13.6. The first kappa shape index (κ1) is 17.5. The fourth-order valence-corrected chi connectivity index (χ4v) is 2.98. The molecule has 0 fully saturated rings. The van der Waals surface area contributed by atoms with Crippen molar-refractivity contribution in [3.63, 3.8) is 0 Å². The van der Waals surface area contributed by atoms with Crippen molar-refractivity contribution in [2.75, 3.05) is 0 Å². The molecule has 0 radical (unpaired) electrons. The van der Waals surface area contributed by atoms with Crippen molar-refractivity contribution in [2.24, 2.45) is 0 Å². The van der Waals surface area contributed by atoms with Crippen molar-refractivity contribution in [2.45, 2.75) is 46.3 Å². The predicted molar refractivity (Wildman–Crippen MR) is 92.5 cm³/mol. The third-order valence-electron chi connectivity index (χ3n) is 4.36. The smallest absolute Gasteiger partial charge is 0.247 e. The van der Waals surface area contributed by atoms with E-state index in [1.807, 2.05) is 31.2 Å². The number of benzene rings is 1. The molecular weight excluding hydrogens is 327 g/mol. The highest BCUT2D eigenvalue weighted by Gasteiger charge is 2.35. The van der Waals surface area contributed by atoms with E-state index in [0.29, 0.717) is 29.4 Å². The van der Waals surface area contributed by atoms with Crippen molar-refractivity contribution in [1.82, 2.24) is 14.8 Å². The quantitative estimate of drug-likeness (QED) is 0.620. The highest BCUT2D eigenvalue weighted by atomic mass is 19.4. The van der Waals surface area contributed by atoms with E-state index in [4.69, 9.17) is 0 Å². The minimum atomic E-state index is -4.46. The maximum absolute atomic E-state index is 13.6. The van der Waals surface area contributed by atoms with Crippen LogP contribution in [-0.2, 0) is 12.7 Å². The number of halogens is 3. The second-order valence-corrected chi connectivity index (χ2v) is 6.43. The summed E-state index contributed by atoms with van der Waals surface area (Å²) in [7, 11) is 0. The molecule has 0 saturated carbocycles. The Kier molecular flexibility index (Phi) is 4.31. The first-order chi connectivity index (χ1) is 11.7. The summed E-state index contributed by atoms with van der Waals surface area (Å²) in [4.78, 5) is 4.49. The van der Waals surface area contributed by atoms with Gasteiger partial charge in [-0.05, 0) is 31.4 Å². The minimum Gasteiger partial charge on any atom is -0.247 e. The van der Waals surface area contributed by atoms with Crippen LogP contribution < -0.4 is 0 Å². The Morgan fingerprint density at radius 3 is 2.28 bits per heavy atom. The largest absolute Gasteiger partial charge is 0.417 e. The molecule has 0 N–H and O–H groups in total. The molecule has 0 saturated heterocycles. The molecule has 0 spiro atoms. The Hall–Kier alpha value is -2.37. The summed E-state index contributed by atoms with van der Waals surface area (Å²) < 4.78 is 42.4. The van der Waals surface area contributed by atoms with Gasteiger partial charge in [-0.1, -0.05) is 38.1 Å². The zero-order valence-electron chi connectivity index (χ0n) is 14.6. The molecule has 3 nitrogen and oxygen atoms in total. The van der Waals surface area contributed by atoms with Gasteiger partial charge >= 0.3 is 6.18 Å². The Morgan fingerprint density at radius 1 is 1.12 bits per heavy atom. The summed E-state index contributed by atoms with van der Waals surface area (Å²) in [5, 5.41) is 4.29. The van der Waals surface area contributed by atoms with Crippen molar-refractivity contribution in [3.05, 3.63) is 47.2 Å². The van der Waals surface area contributed by atoms with Crippen molar-refractivity contribution < 1.29 is 13.2 Å². The zero-order chi connectivity index (χ0) is 18.4. The van der Waals surface area contributed by atoms with E-state index in [0.717, 1.165) is 11.6 Å². The van der Waals surface area contributed by atoms with Gasteiger partial charge in [0.25, 0.3) is 0 Å². The number of rotatable bonds is 3. The van der Waals surface area contributed by atoms with Gasteiger partial charge in [0.1, 0.15) is 0 Å². The summed E-state index contributed by atoms with van der Waals surface area (Å²) in [5.41, 5.74) is 2.05. The molecule has 0 aliphatic heterocycles. The SMILES string of the molecule is CCn1nc(C)c2c(C(F)(F)F)cc(-c3ccc(C(C)C)cc3)nc21. The van der Waals surface area contributed by atoms with Crippen LogP contribution in [0.3, 0.4) is 0 Å². The fraction of sp³-hybridized carbons (Fsp3) is 0.368. The van der Waals surface area contributed by atoms with Crippen molar-refractivity contribution >= 4 is 11.0 Å². The van der Waals surface area contributed by atoms with E-state index in [1.165, 1.54) is 4.68 Å². The molecule has 3 rings (SSSR count). The summed E-state index contributed by atoms with van der Waals surface area (Å²) in [6, 6.07) is 8.64. The van der Waals surface area contributed by atoms with Gasteiger partial charge in [0, 0.05) is 12.1 Å². The molecule has 1 aromatic carbocycles. The van der Waals surface area contributed by atoms with Gasteiger partial charge in [-0.25, -0.2) is 9.67 Å². The molecule has 0 aliphatic rings. The molecule has 3 aromatic rings. The van der Waals surface area contributed by atoms with Crippen LogP contribution >= 0.6 is 0 Å². The van der Waals surface area contributed by atoms with Crippen LogP contribution in [0.1, 0.15) is 43.5 Å². The second-order valence-electron chi connectivity index (χ2n) is 6.43. The van der Waals surface area contributed by atoms with E-state index in [1.54, 1.807) is 6.92 Å². The lowest BCUT2D eigenvalue weighted by atomic mass is 9.99. The normalized spacial score (nSPS) is 12.3. The van der Waals surface area contributed by atoms with Crippen LogP contribution in [0.25, 0.3) is 22.3 Å². The maximum Gasteiger partial charge on any atom is 0.417 e. The highest BCUT2D eigenvalue weighted by molar-refractivity contribution is 5.85. The number of aryl methyl sites for hydroxylation is 2. The van der Waals surface area contributed by atoms with E-state index in [2.05, 4.69) is 23.9 Å². The number of alkyl halides is 3. The average Bonchev–Trinajstić information content (AvgIpc) is 2.89. The Balaban J connectivity index is 2.26. The third-order valence-corrected chi connectivity index (χ3v) is 4.36. The summed E-state index contributed by atoms with van der Waals surface area (Å²) >= 11 is 0. The standard InChI is InChI=1S/C19H20F3N3/c1-5-25-18-17(12(4)24-25)15(19(20,21)22)10-16(23-18)14-8-6-13(7-9-14)11(2)3/h6-11H,5H2,1-4H3. The van der Waals surface area contributed by atoms with E-state index < -0.39 is 11.7 Å². The van der Waals surface area contributed by atoms with Crippen molar-refractivity contribution in [1.29, 1.82) is 0 Å². The molecule has 0 atom stereocenters. The van der Waals surface area contributed by atoms with Crippen LogP contribution in [0.15, 0.2) is 30.3 Å². The van der Waals surface area contributed by atoms with Crippen LogP contribution in [0.4, 0.5) is 13.2 Å². The summed E-state index contributed by atoms with van der Waals surface area (Å²) in [6.45, 7) is 8.03. The molecule has 0 amide bonds. The number of hydrogen-bond donors (Lipinski definition) is 0. The van der Waals surface area contributed by atoms with Crippen LogP contribution in [0, 0.1) is 6.92 Å². The van der Waals surface area contributed by atoms with Gasteiger partial charge in [-0.2, -0.15) is 18.3 Å². The molecule has 2 heterocycles. The van der Waals surface area contributed by atoms with Gasteiger partial charge in [0.2, 0.25) is 0 Å². The number of fused-ring (bicyclic) bond motifs is 1. The lowest BCUT2D eigenvalue weighted by molar-refractivity contribution is -0.136. The van der Waals surface area contributed by atoms with Gasteiger partial charge < -0.3 is 0 Å². The van der Waals surface area contributed by atoms with Gasteiger partial charge in [0.05, 0.1) is 22.3 Å². The number of nitrogens with zero attached hydrogens (tertiary/aromatic N) is 3. The summed E-state index contributed by atoms with van der Waals surface area (Å²) in [6.07, 6.45) is -4.46. The Bertz CT molecular complexity index is 906. The summed E-state index contributed by atoms with van der Waals surface area (Å²) in [5.74, 6) is 0.361. The molecule has 0 aliphatic carbocycles. The zero-order valence-corrected chi connectivity index (χ0v) is 14.6. The number of aromatic nitrogens is 3. The molecule has 0 bridgehead atoms. The molecule has 6 heteroatoms. The molecule has 2 aromatic heterocycles. The molecule has 0 unspecified atom stereocenters. The van der Waals surface area contributed by atoms with Gasteiger partial charge in [0.15, 0.2) is 5.65 Å². The highest BCUT2D eigenvalue weighted by Crippen LogP contribution is 2.38. The molecule has 132 valence electrons. The lowest BCUT2D eigenvalue weighted by Gasteiger charge is -2.12.